The molecule has 1 aliphatic heterocycles. The molecule has 0 aromatic heterocycles. The lowest BCUT2D eigenvalue weighted by molar-refractivity contribution is -0.135. The average Bonchev–Trinajstić information content (AvgIpc) is 2.53. The fraction of sp³-hybridized carbons (Fsp3) is 0.556. The zero-order valence-electron chi connectivity index (χ0n) is 14.4. The van der Waals surface area contributed by atoms with E-state index in [1.807, 2.05) is 49.6 Å². The summed E-state index contributed by atoms with van der Waals surface area (Å²) in [4.78, 5) is 28.2. The fourth-order valence-electron chi connectivity index (χ4n) is 2.63. The van der Waals surface area contributed by atoms with Gasteiger partial charge in [-0.2, -0.15) is 0 Å². The second-order valence-electron chi connectivity index (χ2n) is 6.46. The molecule has 0 aliphatic carbocycles. The van der Waals surface area contributed by atoms with Crippen molar-refractivity contribution in [2.45, 2.75) is 33.8 Å². The van der Waals surface area contributed by atoms with E-state index in [2.05, 4.69) is 0 Å². The lowest BCUT2D eigenvalue weighted by Gasteiger charge is -2.35. The van der Waals surface area contributed by atoms with Gasteiger partial charge in [0.25, 0.3) is 5.91 Å². The molecule has 1 aromatic carbocycles. The van der Waals surface area contributed by atoms with Crippen molar-refractivity contribution in [3.8, 4) is 5.75 Å². The number of nitrogens with zero attached hydrogens (tertiary/aromatic N) is 2. The molecule has 23 heavy (non-hydrogen) atoms. The molecule has 1 fully saturated rings. The molecule has 0 saturated carbocycles. The summed E-state index contributed by atoms with van der Waals surface area (Å²) in [5, 5.41) is 0. The van der Waals surface area contributed by atoms with E-state index in [-0.39, 0.29) is 23.8 Å². The highest BCUT2D eigenvalue weighted by Gasteiger charge is 2.25. The zero-order valence-corrected chi connectivity index (χ0v) is 14.4. The van der Waals surface area contributed by atoms with Gasteiger partial charge in [0.2, 0.25) is 5.91 Å². The summed E-state index contributed by atoms with van der Waals surface area (Å²) >= 11 is 0. The Morgan fingerprint density at radius 1 is 0.913 bits per heavy atom. The van der Waals surface area contributed by atoms with Gasteiger partial charge in [0.1, 0.15) is 5.75 Å². The Labute approximate surface area is 138 Å². The minimum atomic E-state index is 0.00533. The van der Waals surface area contributed by atoms with Crippen molar-refractivity contribution >= 4 is 11.8 Å². The van der Waals surface area contributed by atoms with Crippen molar-refractivity contribution in [1.82, 2.24) is 9.80 Å². The van der Waals surface area contributed by atoms with Gasteiger partial charge in [0.05, 0.1) is 6.10 Å². The lowest BCUT2D eigenvalue weighted by atomic mass is 10.1. The van der Waals surface area contributed by atoms with Crippen LogP contribution in [-0.4, -0.2) is 53.9 Å². The number of rotatable bonds is 4. The van der Waals surface area contributed by atoms with E-state index >= 15 is 0 Å². The van der Waals surface area contributed by atoms with E-state index < -0.39 is 0 Å². The molecular formula is C18H26N2O3. The maximum Gasteiger partial charge on any atom is 0.253 e. The molecule has 1 heterocycles. The van der Waals surface area contributed by atoms with E-state index in [4.69, 9.17) is 4.74 Å². The van der Waals surface area contributed by atoms with Gasteiger partial charge in [-0.3, -0.25) is 9.59 Å². The van der Waals surface area contributed by atoms with Gasteiger partial charge in [-0.15, -0.1) is 0 Å². The Bertz CT molecular complexity index is 544. The van der Waals surface area contributed by atoms with Crippen LogP contribution in [0.1, 0.15) is 38.1 Å². The molecule has 5 heteroatoms. The molecule has 0 spiro atoms. The highest BCUT2D eigenvalue weighted by Crippen LogP contribution is 2.16. The van der Waals surface area contributed by atoms with Gasteiger partial charge >= 0.3 is 0 Å². The van der Waals surface area contributed by atoms with E-state index in [9.17, 15) is 9.59 Å². The second kappa shape index (κ2) is 7.49. The fourth-order valence-corrected chi connectivity index (χ4v) is 2.63. The third kappa shape index (κ3) is 4.47. The Balaban J connectivity index is 1.93. The quantitative estimate of drug-likeness (QED) is 0.856. The molecule has 126 valence electrons. The number of carbonyl (C=O) groups is 2. The average molecular weight is 318 g/mol. The smallest absolute Gasteiger partial charge is 0.253 e. The first kappa shape index (κ1) is 17.3. The number of piperazine rings is 1. The van der Waals surface area contributed by atoms with E-state index in [1.54, 1.807) is 12.1 Å². The molecule has 0 atom stereocenters. The first-order valence-corrected chi connectivity index (χ1v) is 8.23. The molecule has 0 radical (unpaired) electrons. The highest BCUT2D eigenvalue weighted by atomic mass is 16.5. The normalized spacial score (nSPS) is 15.2. The van der Waals surface area contributed by atoms with Gasteiger partial charge in [-0.1, -0.05) is 13.8 Å². The number of amides is 2. The summed E-state index contributed by atoms with van der Waals surface area (Å²) in [5.41, 5.74) is 0.657. The molecule has 0 bridgehead atoms. The van der Waals surface area contributed by atoms with Crippen LogP contribution in [0, 0.1) is 5.92 Å². The van der Waals surface area contributed by atoms with Gasteiger partial charge in [0.15, 0.2) is 0 Å². The summed E-state index contributed by atoms with van der Waals surface area (Å²) < 4.78 is 5.59. The molecule has 1 aromatic rings. The lowest BCUT2D eigenvalue weighted by Crippen LogP contribution is -2.51. The van der Waals surface area contributed by atoms with Crippen LogP contribution in [0.25, 0.3) is 0 Å². The van der Waals surface area contributed by atoms with Crippen LogP contribution in [0.15, 0.2) is 24.3 Å². The maximum absolute atomic E-state index is 12.5. The number of hydrogen-bond donors (Lipinski definition) is 0. The van der Waals surface area contributed by atoms with Crippen molar-refractivity contribution in [3.05, 3.63) is 29.8 Å². The number of carbonyl (C=O) groups excluding carboxylic acids is 2. The Hall–Kier alpha value is -2.04. The predicted molar refractivity (Wildman–Crippen MR) is 89.5 cm³/mol. The Morgan fingerprint density at radius 2 is 1.43 bits per heavy atom. The summed E-state index contributed by atoms with van der Waals surface area (Å²) in [6.07, 6.45) is 0.114. The van der Waals surface area contributed by atoms with E-state index in [0.717, 1.165) is 5.75 Å². The molecular weight excluding hydrogens is 292 g/mol. The standard InChI is InChI=1S/C18H26N2O3/c1-13(2)17(21)19-9-11-20(12-10-19)18(22)15-5-7-16(8-6-15)23-14(3)4/h5-8,13-14H,9-12H2,1-4H3. The third-order valence-electron chi connectivity index (χ3n) is 3.85. The summed E-state index contributed by atoms with van der Waals surface area (Å²) in [5.74, 6) is 0.944. The first-order chi connectivity index (χ1) is 10.9. The van der Waals surface area contributed by atoms with Gasteiger partial charge in [0, 0.05) is 37.7 Å². The predicted octanol–water partition coefficient (Wildman–Crippen LogP) is 2.41. The van der Waals surface area contributed by atoms with Crippen molar-refractivity contribution in [1.29, 1.82) is 0 Å². The van der Waals surface area contributed by atoms with E-state index in [0.29, 0.717) is 31.7 Å². The monoisotopic (exact) mass is 318 g/mol. The van der Waals surface area contributed by atoms with Crippen LogP contribution in [-0.2, 0) is 4.79 Å². The van der Waals surface area contributed by atoms with Crippen molar-refractivity contribution < 1.29 is 14.3 Å². The van der Waals surface area contributed by atoms with Crippen LogP contribution in [0.2, 0.25) is 0 Å². The van der Waals surface area contributed by atoms with Crippen molar-refractivity contribution in [2.24, 2.45) is 5.92 Å². The summed E-state index contributed by atoms with van der Waals surface area (Å²) in [7, 11) is 0. The summed E-state index contributed by atoms with van der Waals surface area (Å²) in [6, 6.07) is 7.24. The molecule has 0 unspecified atom stereocenters. The second-order valence-corrected chi connectivity index (χ2v) is 6.46. The van der Waals surface area contributed by atoms with E-state index in [1.165, 1.54) is 0 Å². The molecule has 0 N–H and O–H groups in total. The minimum Gasteiger partial charge on any atom is -0.491 e. The zero-order chi connectivity index (χ0) is 17.0. The van der Waals surface area contributed by atoms with Crippen molar-refractivity contribution in [3.63, 3.8) is 0 Å². The SMILES string of the molecule is CC(C)Oc1ccc(C(=O)N2CCN(C(=O)C(C)C)CC2)cc1. The van der Waals surface area contributed by atoms with Crippen LogP contribution in [0.3, 0.4) is 0 Å². The van der Waals surface area contributed by atoms with Gasteiger partial charge in [-0.05, 0) is 38.1 Å². The van der Waals surface area contributed by atoms with Crippen LogP contribution in [0.4, 0.5) is 0 Å². The first-order valence-electron chi connectivity index (χ1n) is 8.23. The Morgan fingerprint density at radius 3 is 1.91 bits per heavy atom. The molecule has 5 nitrogen and oxygen atoms in total. The van der Waals surface area contributed by atoms with Crippen LogP contribution in [0.5, 0.6) is 5.75 Å². The van der Waals surface area contributed by atoms with Crippen LogP contribution < -0.4 is 4.74 Å². The maximum atomic E-state index is 12.5. The third-order valence-corrected chi connectivity index (χ3v) is 3.85. The number of benzene rings is 1. The largest absolute Gasteiger partial charge is 0.491 e. The number of ether oxygens (including phenoxy) is 1. The summed E-state index contributed by atoms with van der Waals surface area (Å²) in [6.45, 7) is 10.1. The van der Waals surface area contributed by atoms with Gasteiger partial charge < -0.3 is 14.5 Å². The van der Waals surface area contributed by atoms with Crippen molar-refractivity contribution in [2.75, 3.05) is 26.2 Å². The molecule has 2 amide bonds. The Kier molecular flexibility index (Phi) is 5.64. The highest BCUT2D eigenvalue weighted by molar-refractivity contribution is 5.94. The number of hydrogen-bond acceptors (Lipinski definition) is 3. The topological polar surface area (TPSA) is 49.9 Å². The minimum absolute atomic E-state index is 0.00533. The molecule has 2 rings (SSSR count). The molecule has 1 saturated heterocycles. The van der Waals surface area contributed by atoms with Crippen LogP contribution >= 0.6 is 0 Å². The van der Waals surface area contributed by atoms with Gasteiger partial charge in [-0.25, -0.2) is 0 Å². The molecule has 1 aliphatic rings.